The quantitative estimate of drug-likeness (QED) is 0.613. The summed E-state index contributed by atoms with van der Waals surface area (Å²) < 4.78 is 24.4. The lowest BCUT2D eigenvalue weighted by molar-refractivity contribution is -0.131. The Kier molecular flexibility index (Phi) is 6.99. The zero-order valence-corrected chi connectivity index (χ0v) is 13.0. The van der Waals surface area contributed by atoms with Crippen LogP contribution in [0.5, 0.6) is 0 Å². The van der Waals surface area contributed by atoms with E-state index >= 15 is 0 Å². The molecule has 0 fully saturated rings. The van der Waals surface area contributed by atoms with Crippen LogP contribution >= 0.6 is 11.8 Å². The van der Waals surface area contributed by atoms with Crippen LogP contribution in [-0.4, -0.2) is 17.4 Å². The number of hydrogen-bond donors (Lipinski definition) is 1. The lowest BCUT2D eigenvalue weighted by atomic mass is 9.92. The van der Waals surface area contributed by atoms with Gasteiger partial charge in [0, 0.05) is 16.5 Å². The number of thioether (sulfide) groups is 1. The SMILES string of the molecule is CC[C@@H](C)C(=O)[C@@H](C#N)C(=O)Nc1ccc(SC(F)F)cc1. The minimum Gasteiger partial charge on any atom is -0.325 e. The largest absolute Gasteiger partial charge is 0.325 e. The molecule has 1 amide bonds. The van der Waals surface area contributed by atoms with E-state index in [4.69, 9.17) is 5.26 Å². The van der Waals surface area contributed by atoms with Crippen LogP contribution in [0.15, 0.2) is 29.2 Å². The van der Waals surface area contributed by atoms with Crippen LogP contribution in [-0.2, 0) is 9.59 Å². The van der Waals surface area contributed by atoms with Crippen molar-refractivity contribution < 1.29 is 18.4 Å². The maximum atomic E-state index is 12.2. The molecule has 0 saturated carbocycles. The average Bonchev–Trinajstić information content (AvgIpc) is 2.48. The fourth-order valence-electron chi connectivity index (χ4n) is 1.67. The summed E-state index contributed by atoms with van der Waals surface area (Å²) in [5, 5.41) is 11.5. The van der Waals surface area contributed by atoms with E-state index in [1.165, 1.54) is 24.3 Å². The Hall–Kier alpha value is -1.94. The third-order valence-corrected chi connectivity index (χ3v) is 3.84. The molecule has 1 aromatic carbocycles. The summed E-state index contributed by atoms with van der Waals surface area (Å²) in [5.41, 5.74) is 0.348. The van der Waals surface area contributed by atoms with Crippen molar-refractivity contribution >= 4 is 29.1 Å². The van der Waals surface area contributed by atoms with Crippen molar-refractivity contribution in [1.82, 2.24) is 0 Å². The number of anilines is 1. The predicted molar refractivity (Wildman–Crippen MR) is 80.5 cm³/mol. The second kappa shape index (κ2) is 8.49. The highest BCUT2D eigenvalue weighted by Crippen LogP contribution is 2.26. The minimum absolute atomic E-state index is 0.348. The summed E-state index contributed by atoms with van der Waals surface area (Å²) in [7, 11) is 0. The first-order valence-electron chi connectivity index (χ1n) is 6.68. The Morgan fingerprint density at radius 1 is 1.32 bits per heavy atom. The van der Waals surface area contributed by atoms with Crippen LogP contribution in [0, 0.1) is 23.2 Å². The fraction of sp³-hybridized carbons (Fsp3) is 0.400. The molecule has 0 aliphatic carbocycles. The molecule has 0 aliphatic heterocycles. The van der Waals surface area contributed by atoms with Gasteiger partial charge in [0.1, 0.15) is 0 Å². The van der Waals surface area contributed by atoms with E-state index in [-0.39, 0.29) is 5.92 Å². The van der Waals surface area contributed by atoms with E-state index in [0.717, 1.165) is 0 Å². The topological polar surface area (TPSA) is 70.0 Å². The third-order valence-electron chi connectivity index (χ3n) is 3.12. The van der Waals surface area contributed by atoms with Crippen LogP contribution in [0.25, 0.3) is 0 Å². The fourth-order valence-corrected chi connectivity index (χ4v) is 2.17. The molecule has 0 spiro atoms. The number of nitrogens with one attached hydrogen (secondary N) is 1. The summed E-state index contributed by atoms with van der Waals surface area (Å²) in [5.74, 6) is -5.39. The first-order chi connectivity index (χ1) is 10.4. The molecule has 0 radical (unpaired) electrons. The number of amides is 1. The first-order valence-corrected chi connectivity index (χ1v) is 7.56. The van der Waals surface area contributed by atoms with Gasteiger partial charge in [-0.3, -0.25) is 9.59 Å². The summed E-state index contributed by atoms with van der Waals surface area (Å²) in [6.07, 6.45) is 0.545. The molecule has 1 N–H and O–H groups in total. The van der Waals surface area contributed by atoms with Crippen molar-refractivity contribution in [2.24, 2.45) is 11.8 Å². The van der Waals surface area contributed by atoms with Gasteiger partial charge in [-0.05, 0) is 30.7 Å². The van der Waals surface area contributed by atoms with Crippen LogP contribution in [0.3, 0.4) is 0 Å². The Morgan fingerprint density at radius 3 is 2.36 bits per heavy atom. The van der Waals surface area contributed by atoms with Crippen LogP contribution in [0.4, 0.5) is 14.5 Å². The molecule has 0 unspecified atom stereocenters. The smallest absolute Gasteiger partial charge is 0.288 e. The van der Waals surface area contributed by atoms with Crippen molar-refractivity contribution in [2.75, 3.05) is 5.32 Å². The first kappa shape index (κ1) is 18.1. The number of ketones is 1. The average molecular weight is 326 g/mol. The molecular weight excluding hydrogens is 310 g/mol. The molecule has 4 nitrogen and oxygen atoms in total. The number of carbonyl (C=O) groups excluding carboxylic acids is 2. The van der Waals surface area contributed by atoms with Gasteiger partial charge < -0.3 is 5.32 Å². The van der Waals surface area contributed by atoms with E-state index in [9.17, 15) is 18.4 Å². The number of hydrogen-bond acceptors (Lipinski definition) is 4. The second-order valence-corrected chi connectivity index (χ2v) is 5.73. The molecule has 0 heterocycles. The summed E-state index contributed by atoms with van der Waals surface area (Å²) >= 11 is 0.396. The van der Waals surface area contributed by atoms with Crippen LogP contribution in [0.1, 0.15) is 20.3 Å². The molecule has 118 valence electrons. The monoisotopic (exact) mass is 326 g/mol. The van der Waals surface area contributed by atoms with Crippen LogP contribution in [0.2, 0.25) is 0 Å². The van der Waals surface area contributed by atoms with Crippen molar-refractivity contribution in [3.63, 3.8) is 0 Å². The molecule has 7 heteroatoms. The van der Waals surface area contributed by atoms with E-state index in [1.54, 1.807) is 19.9 Å². The zero-order chi connectivity index (χ0) is 16.7. The standard InChI is InChI=1S/C15H16F2N2O2S/c1-3-9(2)13(20)12(8-18)14(21)19-10-4-6-11(7-5-10)22-15(16)17/h4-7,9,12,15H,3H2,1-2H3,(H,19,21)/t9-,12-/m1/s1. The molecule has 22 heavy (non-hydrogen) atoms. The number of benzene rings is 1. The number of nitriles is 1. The maximum Gasteiger partial charge on any atom is 0.288 e. The van der Waals surface area contributed by atoms with Gasteiger partial charge in [0.15, 0.2) is 11.7 Å². The Bertz CT molecular complexity index is 570. The van der Waals surface area contributed by atoms with Crippen molar-refractivity contribution in [1.29, 1.82) is 5.26 Å². The number of halogens is 2. The van der Waals surface area contributed by atoms with E-state index < -0.39 is 23.4 Å². The molecule has 0 saturated heterocycles. The molecule has 1 aromatic rings. The molecular formula is C15H16F2N2O2S. The van der Waals surface area contributed by atoms with Gasteiger partial charge >= 0.3 is 0 Å². The van der Waals surface area contributed by atoms with E-state index in [1.807, 2.05) is 0 Å². The molecule has 0 bridgehead atoms. The molecule has 1 rings (SSSR count). The van der Waals surface area contributed by atoms with Gasteiger partial charge in [0.2, 0.25) is 5.91 Å². The second-order valence-electron chi connectivity index (χ2n) is 4.67. The number of rotatable bonds is 7. The molecule has 0 aliphatic rings. The van der Waals surface area contributed by atoms with Gasteiger partial charge in [-0.1, -0.05) is 25.6 Å². The summed E-state index contributed by atoms with van der Waals surface area (Å²) in [6.45, 7) is 3.46. The Balaban J connectivity index is 2.74. The lowest BCUT2D eigenvalue weighted by Crippen LogP contribution is -2.31. The summed E-state index contributed by atoms with van der Waals surface area (Å²) in [4.78, 5) is 24.3. The van der Waals surface area contributed by atoms with Crippen LogP contribution < -0.4 is 5.32 Å². The van der Waals surface area contributed by atoms with Gasteiger partial charge in [0.05, 0.1) is 6.07 Å². The highest BCUT2D eigenvalue weighted by atomic mass is 32.2. The highest BCUT2D eigenvalue weighted by molar-refractivity contribution is 7.99. The number of nitrogens with zero attached hydrogens (tertiary/aromatic N) is 1. The zero-order valence-electron chi connectivity index (χ0n) is 12.2. The number of carbonyl (C=O) groups is 2. The maximum absolute atomic E-state index is 12.2. The Labute approximate surface area is 131 Å². The Morgan fingerprint density at radius 2 is 1.91 bits per heavy atom. The summed E-state index contributed by atoms with van der Waals surface area (Å²) in [6, 6.07) is 7.48. The predicted octanol–water partition coefficient (Wildman–Crippen LogP) is 3.69. The normalized spacial score (nSPS) is 13.3. The number of Topliss-reactive ketones (excluding diaryl/α,β-unsaturated/α-hetero) is 1. The highest BCUT2D eigenvalue weighted by Gasteiger charge is 2.29. The van der Waals surface area contributed by atoms with Gasteiger partial charge in [-0.2, -0.15) is 14.0 Å². The van der Waals surface area contributed by atoms with Gasteiger partial charge in [-0.15, -0.1) is 0 Å². The van der Waals surface area contributed by atoms with Crippen molar-refractivity contribution in [2.45, 2.75) is 30.9 Å². The minimum atomic E-state index is -2.52. The lowest BCUT2D eigenvalue weighted by Gasteiger charge is -2.13. The van der Waals surface area contributed by atoms with Gasteiger partial charge in [0.25, 0.3) is 5.76 Å². The van der Waals surface area contributed by atoms with Crippen molar-refractivity contribution in [3.8, 4) is 6.07 Å². The van der Waals surface area contributed by atoms with E-state index in [2.05, 4.69) is 5.32 Å². The molecule has 2 atom stereocenters. The van der Waals surface area contributed by atoms with E-state index in [0.29, 0.717) is 28.8 Å². The van der Waals surface area contributed by atoms with Gasteiger partial charge in [-0.25, -0.2) is 0 Å². The number of alkyl halides is 2. The third kappa shape index (κ3) is 5.11. The van der Waals surface area contributed by atoms with Crippen molar-refractivity contribution in [3.05, 3.63) is 24.3 Å². The molecule has 0 aromatic heterocycles.